The monoisotopic (exact) mass is 260 g/mol. The van der Waals surface area contributed by atoms with Gasteiger partial charge in [-0.05, 0) is 38.3 Å². The van der Waals surface area contributed by atoms with Crippen LogP contribution in [0, 0.1) is 18.3 Å². The van der Waals surface area contributed by atoms with Crippen LogP contribution in [0.2, 0.25) is 0 Å². The van der Waals surface area contributed by atoms with E-state index in [1.807, 2.05) is 6.07 Å². The summed E-state index contributed by atoms with van der Waals surface area (Å²) in [6.07, 6.45) is 3.10. The molecule has 5 heteroatoms. The predicted octanol–water partition coefficient (Wildman–Crippen LogP) is 1.99. The summed E-state index contributed by atoms with van der Waals surface area (Å²) in [6, 6.07) is 5.10. The first-order chi connectivity index (χ1) is 9.20. The van der Waals surface area contributed by atoms with Crippen LogP contribution in [0.5, 0.6) is 0 Å². The number of carbonyl (C=O) groups is 1. The van der Waals surface area contributed by atoms with Crippen LogP contribution >= 0.6 is 0 Å². The maximum absolute atomic E-state index is 11.8. The van der Waals surface area contributed by atoms with Gasteiger partial charge in [-0.15, -0.1) is 0 Å². The van der Waals surface area contributed by atoms with Gasteiger partial charge < -0.3 is 9.47 Å². The smallest absolute Gasteiger partial charge is 0.357 e. The Hall–Kier alpha value is -1.93. The van der Waals surface area contributed by atoms with E-state index in [2.05, 4.69) is 4.98 Å². The van der Waals surface area contributed by atoms with Crippen LogP contribution in [-0.2, 0) is 9.47 Å². The zero-order chi connectivity index (χ0) is 13.7. The van der Waals surface area contributed by atoms with Gasteiger partial charge in [0.15, 0.2) is 0 Å². The van der Waals surface area contributed by atoms with Crippen LogP contribution in [0.15, 0.2) is 12.1 Å². The predicted molar refractivity (Wildman–Crippen MR) is 67.6 cm³/mol. The van der Waals surface area contributed by atoms with E-state index in [0.29, 0.717) is 11.3 Å². The Bertz CT molecular complexity index is 502. The van der Waals surface area contributed by atoms with Gasteiger partial charge in [0, 0.05) is 6.61 Å². The highest BCUT2D eigenvalue weighted by molar-refractivity contribution is 5.87. The molecule has 1 fully saturated rings. The van der Waals surface area contributed by atoms with Gasteiger partial charge in [0.2, 0.25) is 0 Å². The molecule has 1 aliphatic rings. The lowest BCUT2D eigenvalue weighted by atomic mass is 10.1. The van der Waals surface area contributed by atoms with Gasteiger partial charge in [-0.2, -0.15) is 5.26 Å². The van der Waals surface area contributed by atoms with Crippen LogP contribution in [-0.4, -0.2) is 30.3 Å². The Morgan fingerprint density at radius 1 is 1.58 bits per heavy atom. The molecular formula is C14H16N2O3. The number of esters is 1. The third-order valence-corrected chi connectivity index (χ3v) is 3.09. The Kier molecular flexibility index (Phi) is 4.48. The first-order valence-electron chi connectivity index (χ1n) is 6.37. The molecule has 0 radical (unpaired) electrons. The quantitative estimate of drug-likeness (QED) is 0.777. The van der Waals surface area contributed by atoms with Crippen LogP contribution < -0.4 is 0 Å². The Labute approximate surface area is 112 Å². The fraction of sp³-hybridized carbons (Fsp3) is 0.500. The van der Waals surface area contributed by atoms with Crippen molar-refractivity contribution in [2.75, 3.05) is 13.2 Å². The highest BCUT2D eigenvalue weighted by atomic mass is 16.6. The van der Waals surface area contributed by atoms with E-state index in [4.69, 9.17) is 14.7 Å². The van der Waals surface area contributed by atoms with Gasteiger partial charge in [-0.3, -0.25) is 0 Å². The van der Waals surface area contributed by atoms with Gasteiger partial charge in [0.1, 0.15) is 18.4 Å². The minimum absolute atomic E-state index is 0.00261. The molecule has 1 aromatic rings. The zero-order valence-electron chi connectivity index (χ0n) is 10.9. The van der Waals surface area contributed by atoms with Gasteiger partial charge in [0.25, 0.3) is 0 Å². The average molecular weight is 260 g/mol. The minimum Gasteiger partial charge on any atom is -0.458 e. The topological polar surface area (TPSA) is 72.2 Å². The number of rotatable bonds is 3. The van der Waals surface area contributed by atoms with E-state index >= 15 is 0 Å². The molecule has 0 bridgehead atoms. The van der Waals surface area contributed by atoms with Crippen LogP contribution in [0.4, 0.5) is 0 Å². The molecule has 2 rings (SSSR count). The molecule has 0 spiro atoms. The van der Waals surface area contributed by atoms with Crippen molar-refractivity contribution in [2.45, 2.75) is 32.3 Å². The number of pyridine rings is 1. The molecule has 1 saturated heterocycles. The number of hydrogen-bond acceptors (Lipinski definition) is 5. The molecule has 100 valence electrons. The summed E-state index contributed by atoms with van der Waals surface area (Å²) < 4.78 is 10.7. The Morgan fingerprint density at radius 3 is 3.05 bits per heavy atom. The molecule has 1 aromatic heterocycles. The van der Waals surface area contributed by atoms with Crippen molar-refractivity contribution in [3.8, 4) is 6.07 Å². The molecule has 19 heavy (non-hydrogen) atoms. The van der Waals surface area contributed by atoms with E-state index in [0.717, 1.165) is 25.9 Å². The van der Waals surface area contributed by atoms with Gasteiger partial charge in [-0.1, -0.05) is 0 Å². The standard InChI is InChI=1S/C14H16N2O3/c1-10-11(8-15)5-6-13(16-10)14(17)19-9-12-4-2-3-7-18-12/h5-6,12H,2-4,7,9H2,1H3. The molecule has 0 N–H and O–H groups in total. The number of ether oxygens (including phenoxy) is 2. The van der Waals surface area contributed by atoms with Crippen LogP contribution in [0.25, 0.3) is 0 Å². The highest BCUT2D eigenvalue weighted by Crippen LogP contribution is 2.13. The number of nitrogens with zero attached hydrogens (tertiary/aromatic N) is 2. The summed E-state index contributed by atoms with van der Waals surface area (Å²) in [5, 5.41) is 8.80. The van der Waals surface area contributed by atoms with E-state index in [9.17, 15) is 4.79 Å². The lowest BCUT2D eigenvalue weighted by molar-refractivity contribution is -0.0302. The lowest BCUT2D eigenvalue weighted by Gasteiger charge is -2.21. The minimum atomic E-state index is -0.471. The van der Waals surface area contributed by atoms with Crippen molar-refractivity contribution in [1.82, 2.24) is 4.98 Å². The largest absolute Gasteiger partial charge is 0.458 e. The van der Waals surface area contributed by atoms with Gasteiger partial charge >= 0.3 is 5.97 Å². The zero-order valence-corrected chi connectivity index (χ0v) is 10.9. The fourth-order valence-corrected chi connectivity index (χ4v) is 1.97. The maximum Gasteiger partial charge on any atom is 0.357 e. The number of hydrogen-bond donors (Lipinski definition) is 0. The lowest BCUT2D eigenvalue weighted by Crippen LogP contribution is -2.26. The molecule has 1 atom stereocenters. The molecule has 5 nitrogen and oxygen atoms in total. The van der Waals surface area contributed by atoms with Crippen LogP contribution in [0.3, 0.4) is 0 Å². The second-order valence-electron chi connectivity index (χ2n) is 4.53. The van der Waals surface area contributed by atoms with Crippen molar-refractivity contribution >= 4 is 5.97 Å². The van der Waals surface area contributed by atoms with Crippen LogP contribution in [0.1, 0.15) is 41.0 Å². The molecule has 0 aromatic carbocycles. The second kappa shape index (κ2) is 6.30. The van der Waals surface area contributed by atoms with Gasteiger partial charge in [-0.25, -0.2) is 9.78 Å². The van der Waals surface area contributed by atoms with E-state index in [1.165, 1.54) is 6.07 Å². The maximum atomic E-state index is 11.8. The summed E-state index contributed by atoms with van der Waals surface area (Å²) in [6.45, 7) is 2.69. The number of aryl methyl sites for hydroxylation is 1. The van der Waals surface area contributed by atoms with Crippen molar-refractivity contribution in [3.05, 3.63) is 29.1 Å². The number of carbonyl (C=O) groups excluding carboxylic acids is 1. The summed E-state index contributed by atoms with van der Waals surface area (Å²) in [7, 11) is 0. The van der Waals surface area contributed by atoms with E-state index in [1.54, 1.807) is 13.0 Å². The molecule has 2 heterocycles. The molecular weight excluding hydrogens is 244 g/mol. The summed E-state index contributed by atoms with van der Waals surface area (Å²) in [5.74, 6) is -0.471. The third-order valence-electron chi connectivity index (χ3n) is 3.09. The van der Waals surface area contributed by atoms with E-state index < -0.39 is 5.97 Å². The summed E-state index contributed by atoms with van der Waals surface area (Å²) in [4.78, 5) is 15.9. The Balaban J connectivity index is 1.92. The van der Waals surface area contributed by atoms with Crippen molar-refractivity contribution in [2.24, 2.45) is 0 Å². The molecule has 1 unspecified atom stereocenters. The normalized spacial score (nSPS) is 18.6. The average Bonchev–Trinajstić information content (AvgIpc) is 2.45. The van der Waals surface area contributed by atoms with Crippen molar-refractivity contribution in [3.63, 3.8) is 0 Å². The molecule has 0 aliphatic carbocycles. The SMILES string of the molecule is Cc1nc(C(=O)OCC2CCCCO2)ccc1C#N. The Morgan fingerprint density at radius 2 is 2.42 bits per heavy atom. The summed E-state index contributed by atoms with van der Waals surface area (Å²) in [5.41, 5.74) is 1.23. The third kappa shape index (κ3) is 3.52. The first kappa shape index (κ1) is 13.5. The second-order valence-corrected chi connectivity index (χ2v) is 4.53. The number of aromatic nitrogens is 1. The van der Waals surface area contributed by atoms with Crippen molar-refractivity contribution < 1.29 is 14.3 Å². The molecule has 0 saturated carbocycles. The fourth-order valence-electron chi connectivity index (χ4n) is 1.97. The molecule has 0 amide bonds. The van der Waals surface area contributed by atoms with Crippen molar-refractivity contribution in [1.29, 1.82) is 5.26 Å². The first-order valence-corrected chi connectivity index (χ1v) is 6.37. The summed E-state index contributed by atoms with van der Waals surface area (Å²) >= 11 is 0. The molecule has 1 aliphatic heterocycles. The number of nitriles is 1. The highest BCUT2D eigenvalue weighted by Gasteiger charge is 2.17. The van der Waals surface area contributed by atoms with Gasteiger partial charge in [0.05, 0.1) is 17.4 Å². The van der Waals surface area contributed by atoms with E-state index in [-0.39, 0.29) is 18.4 Å².